The Morgan fingerprint density at radius 2 is 1.48 bits per heavy atom. The minimum atomic E-state index is 0. The largest absolute Gasteiger partial charge is 0.292 e. The van der Waals surface area contributed by atoms with E-state index < -0.39 is 0 Å². The van der Waals surface area contributed by atoms with Gasteiger partial charge in [0.05, 0.1) is 0 Å². The van der Waals surface area contributed by atoms with Crippen molar-refractivity contribution in [2.75, 3.05) is 13.1 Å². The molecule has 0 saturated carbocycles. The minimum absolute atomic E-state index is 0. The maximum absolute atomic E-state index is 5.63. The van der Waals surface area contributed by atoms with E-state index in [0.29, 0.717) is 0 Å². The summed E-state index contributed by atoms with van der Waals surface area (Å²) in [6.07, 6.45) is 3.88. The molecule has 0 heterocycles. The SMILES string of the molecule is Cl.Cl/C=C/CN(C/C=C/Cl)Cc1cccc2ccccc12. The first-order valence-corrected chi connectivity index (χ1v) is 7.42. The van der Waals surface area contributed by atoms with Crippen LogP contribution in [-0.2, 0) is 6.54 Å². The highest BCUT2D eigenvalue weighted by atomic mass is 35.5. The van der Waals surface area contributed by atoms with Gasteiger partial charge < -0.3 is 0 Å². The third-order valence-electron chi connectivity index (χ3n) is 3.18. The molecular formula is C17H18Cl3N. The van der Waals surface area contributed by atoms with Gasteiger partial charge in [-0.25, -0.2) is 0 Å². The Labute approximate surface area is 142 Å². The van der Waals surface area contributed by atoms with Crippen LogP contribution in [0.1, 0.15) is 5.56 Å². The first kappa shape index (κ1) is 18.1. The van der Waals surface area contributed by atoms with E-state index in [1.165, 1.54) is 16.3 Å². The number of fused-ring (bicyclic) bond motifs is 1. The predicted octanol–water partition coefficient (Wildman–Crippen LogP) is 5.57. The van der Waals surface area contributed by atoms with Crippen LogP contribution in [-0.4, -0.2) is 18.0 Å². The average Bonchev–Trinajstić information content (AvgIpc) is 2.50. The summed E-state index contributed by atoms with van der Waals surface area (Å²) in [7, 11) is 0. The fourth-order valence-electron chi connectivity index (χ4n) is 2.25. The fraction of sp³-hybridized carbons (Fsp3) is 0.176. The lowest BCUT2D eigenvalue weighted by Crippen LogP contribution is -2.23. The van der Waals surface area contributed by atoms with E-state index in [-0.39, 0.29) is 12.4 Å². The van der Waals surface area contributed by atoms with E-state index in [9.17, 15) is 0 Å². The highest BCUT2D eigenvalue weighted by Crippen LogP contribution is 2.20. The van der Waals surface area contributed by atoms with E-state index >= 15 is 0 Å². The molecule has 0 aliphatic heterocycles. The Morgan fingerprint density at radius 1 is 0.857 bits per heavy atom. The van der Waals surface area contributed by atoms with Gasteiger partial charge in [0.25, 0.3) is 0 Å². The van der Waals surface area contributed by atoms with Gasteiger partial charge in [0.1, 0.15) is 0 Å². The highest BCUT2D eigenvalue weighted by molar-refractivity contribution is 6.25. The number of hydrogen-bond acceptors (Lipinski definition) is 1. The quantitative estimate of drug-likeness (QED) is 0.663. The second-order valence-corrected chi connectivity index (χ2v) is 5.06. The van der Waals surface area contributed by atoms with Gasteiger partial charge in [0.15, 0.2) is 0 Å². The molecule has 2 rings (SSSR count). The van der Waals surface area contributed by atoms with Crippen molar-refractivity contribution in [1.82, 2.24) is 4.90 Å². The Hall–Kier alpha value is -0.990. The molecule has 0 amide bonds. The van der Waals surface area contributed by atoms with Crippen molar-refractivity contribution >= 4 is 46.4 Å². The molecule has 0 fully saturated rings. The van der Waals surface area contributed by atoms with Crippen molar-refractivity contribution in [3.63, 3.8) is 0 Å². The van der Waals surface area contributed by atoms with Gasteiger partial charge in [-0.1, -0.05) is 77.8 Å². The molecule has 21 heavy (non-hydrogen) atoms. The van der Waals surface area contributed by atoms with Crippen LogP contribution >= 0.6 is 35.6 Å². The van der Waals surface area contributed by atoms with Gasteiger partial charge in [-0.3, -0.25) is 4.90 Å². The Bertz CT molecular complexity index is 589. The van der Waals surface area contributed by atoms with Crippen molar-refractivity contribution in [2.24, 2.45) is 0 Å². The third kappa shape index (κ3) is 5.37. The molecule has 1 nitrogen and oxygen atoms in total. The molecular weight excluding hydrogens is 325 g/mol. The van der Waals surface area contributed by atoms with Crippen molar-refractivity contribution in [3.05, 3.63) is 71.3 Å². The lowest BCUT2D eigenvalue weighted by molar-refractivity contribution is 0.329. The molecule has 0 aromatic heterocycles. The summed E-state index contributed by atoms with van der Waals surface area (Å²) < 4.78 is 0. The van der Waals surface area contributed by atoms with Gasteiger partial charge in [-0.05, 0) is 16.3 Å². The number of benzene rings is 2. The van der Waals surface area contributed by atoms with Gasteiger partial charge >= 0.3 is 0 Å². The number of nitrogens with zero attached hydrogens (tertiary/aromatic N) is 1. The standard InChI is InChI=1S/C17H17Cl2N.ClH/c18-10-4-12-20(13-5-11-19)14-16-8-3-7-15-6-1-2-9-17(15)16;/h1-11H,12-14H2;1H/b10-4+,11-5+;. The van der Waals surface area contributed by atoms with Crippen LogP contribution in [0.5, 0.6) is 0 Å². The van der Waals surface area contributed by atoms with Crippen LogP contribution in [0.4, 0.5) is 0 Å². The van der Waals surface area contributed by atoms with Gasteiger partial charge in [-0.2, -0.15) is 0 Å². The monoisotopic (exact) mass is 341 g/mol. The number of hydrogen-bond donors (Lipinski definition) is 0. The summed E-state index contributed by atoms with van der Waals surface area (Å²) in [6.45, 7) is 2.46. The normalized spacial score (nSPS) is 11.6. The molecule has 0 radical (unpaired) electrons. The van der Waals surface area contributed by atoms with Crippen LogP contribution in [0.2, 0.25) is 0 Å². The molecule has 0 saturated heterocycles. The van der Waals surface area contributed by atoms with Crippen LogP contribution in [0, 0.1) is 0 Å². The molecule has 2 aromatic rings. The van der Waals surface area contributed by atoms with Crippen molar-refractivity contribution in [2.45, 2.75) is 6.54 Å². The summed E-state index contributed by atoms with van der Waals surface area (Å²) in [6, 6.07) is 14.9. The molecule has 0 spiro atoms. The zero-order valence-corrected chi connectivity index (χ0v) is 13.9. The predicted molar refractivity (Wildman–Crippen MR) is 96.5 cm³/mol. The van der Waals surface area contributed by atoms with Crippen LogP contribution in [0.25, 0.3) is 10.8 Å². The van der Waals surface area contributed by atoms with Gasteiger partial charge in [0, 0.05) is 30.7 Å². The molecule has 0 atom stereocenters. The van der Waals surface area contributed by atoms with E-state index in [1.807, 2.05) is 12.2 Å². The summed E-state index contributed by atoms with van der Waals surface area (Å²) in [4.78, 5) is 2.28. The lowest BCUT2D eigenvalue weighted by Gasteiger charge is -2.20. The molecule has 2 aromatic carbocycles. The van der Waals surface area contributed by atoms with Gasteiger partial charge in [0.2, 0.25) is 0 Å². The van der Waals surface area contributed by atoms with Crippen molar-refractivity contribution < 1.29 is 0 Å². The lowest BCUT2D eigenvalue weighted by atomic mass is 10.0. The molecule has 0 aliphatic rings. The molecule has 4 heteroatoms. The Balaban J connectivity index is 0.00000220. The average molecular weight is 343 g/mol. The maximum Gasteiger partial charge on any atom is 0.0246 e. The fourth-order valence-corrected chi connectivity index (χ4v) is 2.41. The minimum Gasteiger partial charge on any atom is -0.292 e. The third-order valence-corrected chi connectivity index (χ3v) is 3.54. The van der Waals surface area contributed by atoms with E-state index in [0.717, 1.165) is 19.6 Å². The van der Waals surface area contributed by atoms with Crippen LogP contribution < -0.4 is 0 Å². The van der Waals surface area contributed by atoms with Gasteiger partial charge in [-0.15, -0.1) is 12.4 Å². The molecule has 0 unspecified atom stereocenters. The summed E-state index contributed by atoms with van der Waals surface area (Å²) in [5.74, 6) is 0. The molecule has 0 bridgehead atoms. The highest BCUT2D eigenvalue weighted by Gasteiger charge is 2.06. The smallest absolute Gasteiger partial charge is 0.0246 e. The molecule has 0 N–H and O–H groups in total. The number of rotatable bonds is 6. The summed E-state index contributed by atoms with van der Waals surface area (Å²) >= 11 is 11.3. The summed E-state index contributed by atoms with van der Waals surface area (Å²) in [5, 5.41) is 2.57. The zero-order valence-electron chi connectivity index (χ0n) is 11.6. The summed E-state index contributed by atoms with van der Waals surface area (Å²) in [5.41, 5.74) is 4.43. The first-order valence-electron chi connectivity index (χ1n) is 6.54. The van der Waals surface area contributed by atoms with Crippen molar-refractivity contribution in [1.29, 1.82) is 0 Å². The van der Waals surface area contributed by atoms with E-state index in [2.05, 4.69) is 47.4 Å². The van der Waals surface area contributed by atoms with Crippen LogP contribution in [0.3, 0.4) is 0 Å². The number of halogens is 3. The Morgan fingerprint density at radius 3 is 2.14 bits per heavy atom. The maximum atomic E-state index is 5.63. The first-order chi connectivity index (χ1) is 9.85. The second-order valence-electron chi connectivity index (χ2n) is 4.56. The van der Waals surface area contributed by atoms with E-state index in [1.54, 1.807) is 11.1 Å². The van der Waals surface area contributed by atoms with Crippen molar-refractivity contribution in [3.8, 4) is 0 Å². The second kappa shape index (κ2) is 9.86. The van der Waals surface area contributed by atoms with Crippen LogP contribution in [0.15, 0.2) is 65.7 Å². The molecule has 0 aliphatic carbocycles. The zero-order chi connectivity index (χ0) is 14.2. The topological polar surface area (TPSA) is 3.24 Å². The molecule has 112 valence electrons. The van der Waals surface area contributed by atoms with E-state index in [4.69, 9.17) is 23.2 Å². The Kier molecular flexibility index (Phi) is 8.48.